The highest BCUT2D eigenvalue weighted by Gasteiger charge is 2.34. The normalized spacial score (nSPS) is 23.4. The summed E-state index contributed by atoms with van der Waals surface area (Å²) in [5.74, 6) is -0.960. The van der Waals surface area contributed by atoms with Crippen LogP contribution in [0.5, 0.6) is 0 Å². The standard InChI is InChI=1S/C16H17F2N/c1-4-5-14-11(2)8-12(10-19-14)16(3)7-6-13(17)9-15(16)18/h4-6,8-10H,7H2,1-3H3/b5-4-. The van der Waals surface area contributed by atoms with E-state index in [2.05, 4.69) is 4.98 Å². The third-order valence-corrected chi connectivity index (χ3v) is 3.58. The minimum absolute atomic E-state index is 0.311. The Bertz CT molecular complexity index is 584. The van der Waals surface area contributed by atoms with Crippen LogP contribution in [0.4, 0.5) is 8.78 Å². The van der Waals surface area contributed by atoms with E-state index < -0.39 is 17.1 Å². The maximum Gasteiger partial charge on any atom is 0.121 e. The van der Waals surface area contributed by atoms with Gasteiger partial charge in [-0.1, -0.05) is 12.1 Å². The molecule has 3 heteroatoms. The molecule has 0 saturated heterocycles. The summed E-state index contributed by atoms with van der Waals surface area (Å²) >= 11 is 0. The summed E-state index contributed by atoms with van der Waals surface area (Å²) in [5.41, 5.74) is 1.81. The Hall–Kier alpha value is -1.77. The summed E-state index contributed by atoms with van der Waals surface area (Å²) in [6.07, 6.45) is 8.18. The Morgan fingerprint density at radius 1 is 1.37 bits per heavy atom. The van der Waals surface area contributed by atoms with E-state index in [1.165, 1.54) is 6.08 Å². The SMILES string of the molecule is C/C=C\c1ncc(C2(C)CC=C(F)C=C2F)cc1C. The quantitative estimate of drug-likeness (QED) is 0.745. The van der Waals surface area contributed by atoms with Gasteiger partial charge in [-0.15, -0.1) is 0 Å². The molecule has 1 heterocycles. The highest BCUT2D eigenvalue weighted by atomic mass is 19.1. The zero-order valence-electron chi connectivity index (χ0n) is 11.4. The number of rotatable bonds is 2. The Kier molecular flexibility index (Phi) is 3.65. The molecule has 0 bridgehead atoms. The lowest BCUT2D eigenvalue weighted by Crippen LogP contribution is -2.24. The molecule has 0 radical (unpaired) electrons. The smallest absolute Gasteiger partial charge is 0.121 e. The summed E-state index contributed by atoms with van der Waals surface area (Å²) in [7, 11) is 0. The van der Waals surface area contributed by atoms with Gasteiger partial charge in [0.2, 0.25) is 0 Å². The van der Waals surface area contributed by atoms with Gasteiger partial charge in [-0.25, -0.2) is 8.78 Å². The van der Waals surface area contributed by atoms with E-state index >= 15 is 0 Å². The van der Waals surface area contributed by atoms with Crippen LogP contribution in [0, 0.1) is 6.92 Å². The van der Waals surface area contributed by atoms with Crippen LogP contribution >= 0.6 is 0 Å². The van der Waals surface area contributed by atoms with Gasteiger partial charge in [0.05, 0.1) is 5.69 Å². The van der Waals surface area contributed by atoms with Gasteiger partial charge in [-0.05, 0) is 50.5 Å². The van der Waals surface area contributed by atoms with Gasteiger partial charge in [-0.2, -0.15) is 0 Å². The van der Waals surface area contributed by atoms with Crippen molar-refractivity contribution in [2.45, 2.75) is 32.6 Å². The minimum Gasteiger partial charge on any atom is -0.256 e. The summed E-state index contributed by atoms with van der Waals surface area (Å²) in [4.78, 5) is 4.35. The second-order valence-electron chi connectivity index (χ2n) is 5.04. The third-order valence-electron chi connectivity index (χ3n) is 3.58. The lowest BCUT2D eigenvalue weighted by Gasteiger charge is -2.29. The van der Waals surface area contributed by atoms with Crippen molar-refractivity contribution in [2.24, 2.45) is 0 Å². The first-order chi connectivity index (χ1) is 8.97. The highest BCUT2D eigenvalue weighted by molar-refractivity contribution is 5.51. The number of hydrogen-bond donors (Lipinski definition) is 0. The topological polar surface area (TPSA) is 12.9 Å². The second kappa shape index (κ2) is 5.08. The molecule has 0 fully saturated rings. The second-order valence-corrected chi connectivity index (χ2v) is 5.04. The number of hydrogen-bond acceptors (Lipinski definition) is 1. The average molecular weight is 261 g/mol. The number of halogens is 2. The van der Waals surface area contributed by atoms with Crippen LogP contribution in [0.2, 0.25) is 0 Å². The number of aryl methyl sites for hydroxylation is 1. The Labute approximate surface area is 112 Å². The Morgan fingerprint density at radius 2 is 2.11 bits per heavy atom. The fraction of sp³-hybridized carbons (Fsp3) is 0.312. The van der Waals surface area contributed by atoms with Crippen molar-refractivity contribution in [3.63, 3.8) is 0 Å². The molecular formula is C16H17F2N. The number of allylic oxidation sites excluding steroid dienone is 5. The van der Waals surface area contributed by atoms with Crippen molar-refractivity contribution in [3.05, 3.63) is 59.0 Å². The van der Waals surface area contributed by atoms with Crippen LogP contribution < -0.4 is 0 Å². The highest BCUT2D eigenvalue weighted by Crippen LogP contribution is 2.40. The molecule has 0 spiro atoms. The van der Waals surface area contributed by atoms with Gasteiger partial charge in [0.15, 0.2) is 0 Å². The van der Waals surface area contributed by atoms with Crippen LogP contribution in [-0.2, 0) is 5.41 Å². The first-order valence-corrected chi connectivity index (χ1v) is 6.30. The van der Waals surface area contributed by atoms with Crippen LogP contribution in [-0.4, -0.2) is 4.98 Å². The molecule has 1 unspecified atom stereocenters. The zero-order chi connectivity index (χ0) is 14.0. The molecule has 1 nitrogen and oxygen atoms in total. The van der Waals surface area contributed by atoms with E-state index in [0.717, 1.165) is 22.9 Å². The maximum absolute atomic E-state index is 14.1. The van der Waals surface area contributed by atoms with E-state index in [0.29, 0.717) is 6.42 Å². The first-order valence-electron chi connectivity index (χ1n) is 6.30. The number of aromatic nitrogens is 1. The van der Waals surface area contributed by atoms with Crippen molar-refractivity contribution in [1.82, 2.24) is 4.98 Å². The fourth-order valence-electron chi connectivity index (χ4n) is 2.21. The van der Waals surface area contributed by atoms with E-state index in [1.807, 2.05) is 32.1 Å². The lowest BCUT2D eigenvalue weighted by atomic mass is 9.76. The molecule has 2 rings (SSSR count). The van der Waals surface area contributed by atoms with Gasteiger partial charge in [0.25, 0.3) is 0 Å². The molecule has 19 heavy (non-hydrogen) atoms. The van der Waals surface area contributed by atoms with E-state index in [-0.39, 0.29) is 0 Å². The third kappa shape index (κ3) is 2.50. The predicted octanol–water partition coefficient (Wildman–Crippen LogP) is 4.79. The number of pyridine rings is 1. The molecule has 0 aromatic carbocycles. The maximum atomic E-state index is 14.1. The molecule has 1 aliphatic rings. The van der Waals surface area contributed by atoms with Gasteiger partial charge in [-0.3, -0.25) is 4.98 Å². The minimum atomic E-state index is -0.818. The summed E-state index contributed by atoms with van der Waals surface area (Å²) < 4.78 is 27.1. The first kappa shape index (κ1) is 13.7. The molecule has 0 aliphatic heterocycles. The zero-order valence-corrected chi connectivity index (χ0v) is 11.4. The molecule has 0 amide bonds. The summed E-state index contributed by atoms with van der Waals surface area (Å²) in [6, 6.07) is 1.92. The van der Waals surface area contributed by atoms with E-state index in [4.69, 9.17) is 0 Å². The van der Waals surface area contributed by atoms with Crippen molar-refractivity contribution in [1.29, 1.82) is 0 Å². The Morgan fingerprint density at radius 3 is 2.68 bits per heavy atom. The molecule has 1 aromatic rings. The molecule has 1 aliphatic carbocycles. The Balaban J connectivity index is 2.43. The van der Waals surface area contributed by atoms with E-state index in [9.17, 15) is 8.78 Å². The number of nitrogens with zero attached hydrogens (tertiary/aromatic N) is 1. The van der Waals surface area contributed by atoms with Gasteiger partial charge < -0.3 is 0 Å². The predicted molar refractivity (Wildman–Crippen MR) is 74.0 cm³/mol. The molecule has 1 aromatic heterocycles. The van der Waals surface area contributed by atoms with Crippen LogP contribution in [0.15, 0.2) is 42.1 Å². The monoisotopic (exact) mass is 261 g/mol. The van der Waals surface area contributed by atoms with Crippen molar-refractivity contribution >= 4 is 6.08 Å². The molecule has 0 saturated carbocycles. The van der Waals surface area contributed by atoms with Crippen molar-refractivity contribution in [2.75, 3.05) is 0 Å². The average Bonchev–Trinajstić information content (AvgIpc) is 2.37. The van der Waals surface area contributed by atoms with Gasteiger partial charge in [0, 0.05) is 17.7 Å². The van der Waals surface area contributed by atoms with Crippen molar-refractivity contribution < 1.29 is 8.78 Å². The molecule has 1 atom stereocenters. The molecular weight excluding hydrogens is 244 g/mol. The summed E-state index contributed by atoms with van der Waals surface area (Å²) in [5, 5.41) is 0. The van der Waals surface area contributed by atoms with Gasteiger partial charge >= 0.3 is 0 Å². The van der Waals surface area contributed by atoms with E-state index in [1.54, 1.807) is 13.1 Å². The van der Waals surface area contributed by atoms with Crippen LogP contribution in [0.3, 0.4) is 0 Å². The molecule has 0 N–H and O–H groups in total. The lowest BCUT2D eigenvalue weighted by molar-refractivity contribution is 0.412. The van der Waals surface area contributed by atoms with Crippen LogP contribution in [0.25, 0.3) is 6.08 Å². The summed E-state index contributed by atoms with van der Waals surface area (Å²) in [6.45, 7) is 5.64. The van der Waals surface area contributed by atoms with Crippen LogP contribution in [0.1, 0.15) is 37.1 Å². The molecule has 100 valence electrons. The van der Waals surface area contributed by atoms with Crippen molar-refractivity contribution in [3.8, 4) is 0 Å². The largest absolute Gasteiger partial charge is 0.256 e. The van der Waals surface area contributed by atoms with Gasteiger partial charge in [0.1, 0.15) is 11.7 Å². The fourth-order valence-corrected chi connectivity index (χ4v) is 2.21.